The molecule has 0 aromatic heterocycles. The average molecular weight is 292 g/mol. The number of carbonyl (C=O) groups is 1. The van der Waals surface area contributed by atoms with E-state index in [0.29, 0.717) is 26.1 Å². The smallest absolute Gasteiger partial charge is 0.220 e. The summed E-state index contributed by atoms with van der Waals surface area (Å²) in [6.45, 7) is 3.40. The van der Waals surface area contributed by atoms with Crippen molar-refractivity contribution in [2.24, 2.45) is 0 Å². The number of β-amino-alcohol motifs (C(OH)–C–C–N with tert-alkyl or cyclic N) is 1. The van der Waals surface area contributed by atoms with Gasteiger partial charge in [-0.1, -0.05) is 37.3 Å². The lowest BCUT2D eigenvalue weighted by Gasteiger charge is -2.26. The van der Waals surface area contributed by atoms with E-state index in [0.717, 1.165) is 12.0 Å². The fourth-order valence-corrected chi connectivity index (χ4v) is 2.74. The second-order valence-electron chi connectivity index (χ2n) is 5.59. The van der Waals surface area contributed by atoms with Gasteiger partial charge in [0.1, 0.15) is 0 Å². The summed E-state index contributed by atoms with van der Waals surface area (Å²) in [5.74, 6) is -0.00856. The van der Waals surface area contributed by atoms with Gasteiger partial charge in [0.15, 0.2) is 0 Å². The standard InChI is InChI=1S/C16H24N2O3/c1-2-6-15(20)17-9-13-16(21)14(19)11-18(13)10-12-7-4-3-5-8-12/h3-5,7-8,13-14,16,19,21H,2,6,9-11H2,1H3,(H,17,20)/t13?,14-,16+/m0/s1. The summed E-state index contributed by atoms with van der Waals surface area (Å²) in [4.78, 5) is 13.6. The molecule has 1 aromatic carbocycles. The van der Waals surface area contributed by atoms with Crippen LogP contribution in [0.4, 0.5) is 0 Å². The predicted octanol–water partition coefficient (Wildman–Crippen LogP) is 0.509. The fourth-order valence-electron chi connectivity index (χ4n) is 2.74. The van der Waals surface area contributed by atoms with Crippen LogP contribution in [0.15, 0.2) is 30.3 Å². The molecule has 1 aliphatic heterocycles. The minimum Gasteiger partial charge on any atom is -0.389 e. The number of nitrogens with zero attached hydrogens (tertiary/aromatic N) is 1. The second-order valence-corrected chi connectivity index (χ2v) is 5.59. The SMILES string of the molecule is CCCC(=O)NCC1[C@@H](O)[C@@H](O)CN1Cc1ccccc1. The Morgan fingerprint density at radius 2 is 2.05 bits per heavy atom. The van der Waals surface area contributed by atoms with Crippen molar-refractivity contribution in [1.29, 1.82) is 0 Å². The van der Waals surface area contributed by atoms with E-state index in [9.17, 15) is 15.0 Å². The van der Waals surface area contributed by atoms with Gasteiger partial charge in [-0.25, -0.2) is 0 Å². The molecule has 1 fully saturated rings. The van der Waals surface area contributed by atoms with Gasteiger partial charge in [0.05, 0.1) is 18.2 Å². The maximum atomic E-state index is 11.6. The van der Waals surface area contributed by atoms with Crippen molar-refractivity contribution in [2.75, 3.05) is 13.1 Å². The lowest BCUT2D eigenvalue weighted by atomic mass is 10.1. The van der Waals surface area contributed by atoms with Crippen LogP contribution in [0.2, 0.25) is 0 Å². The van der Waals surface area contributed by atoms with E-state index in [1.54, 1.807) is 0 Å². The van der Waals surface area contributed by atoms with Crippen molar-refractivity contribution in [2.45, 2.75) is 44.6 Å². The average Bonchev–Trinajstić information content (AvgIpc) is 2.73. The molecule has 5 heteroatoms. The van der Waals surface area contributed by atoms with Gasteiger partial charge in [0.25, 0.3) is 0 Å². The predicted molar refractivity (Wildman–Crippen MR) is 80.6 cm³/mol. The van der Waals surface area contributed by atoms with E-state index >= 15 is 0 Å². The van der Waals surface area contributed by atoms with E-state index in [4.69, 9.17) is 0 Å². The van der Waals surface area contributed by atoms with Crippen LogP contribution < -0.4 is 5.32 Å². The molecule has 116 valence electrons. The lowest BCUT2D eigenvalue weighted by molar-refractivity contribution is -0.121. The zero-order valence-corrected chi connectivity index (χ0v) is 12.4. The first-order chi connectivity index (χ1) is 10.1. The number of aliphatic hydroxyl groups is 2. The van der Waals surface area contributed by atoms with E-state index in [-0.39, 0.29) is 11.9 Å². The largest absolute Gasteiger partial charge is 0.389 e. The van der Waals surface area contributed by atoms with E-state index in [1.807, 2.05) is 42.2 Å². The molecule has 1 amide bonds. The third kappa shape index (κ3) is 4.27. The van der Waals surface area contributed by atoms with Crippen molar-refractivity contribution >= 4 is 5.91 Å². The number of aliphatic hydroxyl groups excluding tert-OH is 2. The van der Waals surface area contributed by atoms with Crippen LogP contribution in [0.1, 0.15) is 25.3 Å². The van der Waals surface area contributed by atoms with Gasteiger partial charge in [-0.15, -0.1) is 0 Å². The fraction of sp³-hybridized carbons (Fsp3) is 0.562. The Balaban J connectivity index is 1.96. The van der Waals surface area contributed by atoms with E-state index in [1.165, 1.54) is 0 Å². The van der Waals surface area contributed by atoms with Gasteiger partial charge < -0.3 is 15.5 Å². The molecule has 21 heavy (non-hydrogen) atoms. The van der Waals surface area contributed by atoms with Crippen LogP contribution in [0.5, 0.6) is 0 Å². The molecule has 3 N–H and O–H groups in total. The third-order valence-corrected chi connectivity index (χ3v) is 3.89. The lowest BCUT2D eigenvalue weighted by Crippen LogP contribution is -2.45. The highest BCUT2D eigenvalue weighted by molar-refractivity contribution is 5.75. The molecule has 0 aliphatic carbocycles. The highest BCUT2D eigenvalue weighted by Gasteiger charge is 2.39. The Morgan fingerprint density at radius 3 is 2.71 bits per heavy atom. The Morgan fingerprint density at radius 1 is 1.33 bits per heavy atom. The number of likely N-dealkylation sites (tertiary alicyclic amines) is 1. The van der Waals surface area contributed by atoms with E-state index < -0.39 is 12.2 Å². The number of carbonyl (C=O) groups excluding carboxylic acids is 1. The third-order valence-electron chi connectivity index (χ3n) is 3.89. The van der Waals surface area contributed by atoms with E-state index in [2.05, 4.69) is 5.32 Å². The molecular formula is C16H24N2O3. The quantitative estimate of drug-likeness (QED) is 0.714. The first kappa shape index (κ1) is 15.9. The normalized spacial score (nSPS) is 26.0. The Labute approximate surface area is 125 Å². The number of nitrogens with one attached hydrogen (secondary N) is 1. The van der Waals surface area contributed by atoms with Gasteiger partial charge in [0, 0.05) is 26.1 Å². The van der Waals surface area contributed by atoms with Crippen LogP contribution in [0.3, 0.4) is 0 Å². The molecule has 1 unspecified atom stereocenters. The van der Waals surface area contributed by atoms with Gasteiger partial charge in [-0.3, -0.25) is 9.69 Å². The summed E-state index contributed by atoms with van der Waals surface area (Å²) >= 11 is 0. The minimum absolute atomic E-state index is 0.00856. The number of hydrogen-bond donors (Lipinski definition) is 3. The Bertz CT molecular complexity index is 452. The van der Waals surface area contributed by atoms with Crippen LogP contribution >= 0.6 is 0 Å². The Kier molecular flexibility index (Phi) is 5.73. The van der Waals surface area contributed by atoms with Gasteiger partial charge in [-0.2, -0.15) is 0 Å². The number of benzene rings is 1. The molecule has 1 aliphatic rings. The summed E-state index contributed by atoms with van der Waals surface area (Å²) in [5, 5.41) is 22.8. The number of rotatable bonds is 6. The molecule has 5 nitrogen and oxygen atoms in total. The maximum absolute atomic E-state index is 11.6. The summed E-state index contributed by atoms with van der Waals surface area (Å²) in [7, 11) is 0. The maximum Gasteiger partial charge on any atom is 0.220 e. The van der Waals surface area contributed by atoms with Crippen molar-refractivity contribution in [3.63, 3.8) is 0 Å². The molecule has 2 rings (SSSR count). The molecule has 0 saturated carbocycles. The first-order valence-electron chi connectivity index (χ1n) is 7.52. The van der Waals surface area contributed by atoms with Gasteiger partial charge in [-0.05, 0) is 12.0 Å². The minimum atomic E-state index is -0.823. The van der Waals surface area contributed by atoms with Crippen LogP contribution in [0, 0.1) is 0 Å². The second kappa shape index (κ2) is 7.54. The number of amides is 1. The zero-order chi connectivity index (χ0) is 15.2. The monoisotopic (exact) mass is 292 g/mol. The summed E-state index contributed by atoms with van der Waals surface area (Å²) in [6.07, 6.45) is -0.295. The van der Waals surface area contributed by atoms with Crippen LogP contribution in [-0.4, -0.2) is 52.4 Å². The molecule has 3 atom stereocenters. The summed E-state index contributed by atoms with van der Waals surface area (Å²) in [5.41, 5.74) is 1.13. The highest BCUT2D eigenvalue weighted by atomic mass is 16.3. The molecular weight excluding hydrogens is 268 g/mol. The van der Waals surface area contributed by atoms with Gasteiger partial charge >= 0.3 is 0 Å². The molecule has 1 heterocycles. The highest BCUT2D eigenvalue weighted by Crippen LogP contribution is 2.21. The van der Waals surface area contributed by atoms with Crippen molar-refractivity contribution in [3.05, 3.63) is 35.9 Å². The molecule has 0 radical (unpaired) electrons. The molecule has 1 aromatic rings. The first-order valence-corrected chi connectivity index (χ1v) is 7.52. The van der Waals surface area contributed by atoms with Crippen molar-refractivity contribution < 1.29 is 15.0 Å². The summed E-state index contributed by atoms with van der Waals surface area (Å²) < 4.78 is 0. The van der Waals surface area contributed by atoms with Crippen molar-refractivity contribution in [3.8, 4) is 0 Å². The topological polar surface area (TPSA) is 72.8 Å². The van der Waals surface area contributed by atoms with Crippen molar-refractivity contribution in [1.82, 2.24) is 10.2 Å². The van der Waals surface area contributed by atoms with Gasteiger partial charge in [0.2, 0.25) is 5.91 Å². The molecule has 0 spiro atoms. The molecule has 0 bridgehead atoms. The number of hydrogen-bond acceptors (Lipinski definition) is 4. The van der Waals surface area contributed by atoms with Crippen LogP contribution in [0.25, 0.3) is 0 Å². The zero-order valence-electron chi connectivity index (χ0n) is 12.4. The summed E-state index contributed by atoms with van der Waals surface area (Å²) in [6, 6.07) is 9.68. The Hall–Kier alpha value is -1.43. The molecule has 1 saturated heterocycles. The van der Waals surface area contributed by atoms with Crippen LogP contribution in [-0.2, 0) is 11.3 Å².